The van der Waals surface area contributed by atoms with Gasteiger partial charge in [-0.15, -0.1) is 0 Å². The van der Waals surface area contributed by atoms with E-state index in [0.717, 1.165) is 0 Å². The summed E-state index contributed by atoms with van der Waals surface area (Å²) >= 11 is 0. The largest absolute Gasteiger partial charge is 0.393 e. The summed E-state index contributed by atoms with van der Waals surface area (Å²) in [4.78, 5) is 11.3. The fraction of sp³-hybridized carbons (Fsp3) is 0.300. The third-order valence-corrected chi connectivity index (χ3v) is 1.97. The molecule has 0 bridgehead atoms. The van der Waals surface area contributed by atoms with Crippen LogP contribution in [0.3, 0.4) is 0 Å². The van der Waals surface area contributed by atoms with Crippen LogP contribution in [-0.4, -0.2) is 28.7 Å². The molecule has 0 saturated carbocycles. The Morgan fingerprint density at radius 3 is 2.43 bits per heavy atom. The van der Waals surface area contributed by atoms with Gasteiger partial charge in [-0.25, -0.2) is 0 Å². The van der Waals surface area contributed by atoms with Gasteiger partial charge >= 0.3 is 0 Å². The summed E-state index contributed by atoms with van der Waals surface area (Å²) in [7, 11) is 0. The van der Waals surface area contributed by atoms with Crippen molar-refractivity contribution in [3.63, 3.8) is 0 Å². The number of rotatable bonds is 4. The van der Waals surface area contributed by atoms with Crippen LogP contribution < -0.4 is 5.73 Å². The first kappa shape index (κ1) is 10.8. The molecule has 4 heteroatoms. The minimum Gasteiger partial charge on any atom is -0.393 e. The average Bonchev–Trinajstić information content (AvgIpc) is 2.27. The highest BCUT2D eigenvalue weighted by atomic mass is 16.3. The predicted octanol–water partition coefficient (Wildman–Crippen LogP) is -0.391. The molecule has 0 aliphatic rings. The predicted molar refractivity (Wildman–Crippen MR) is 51.5 cm³/mol. The molecule has 0 fully saturated rings. The third-order valence-electron chi connectivity index (χ3n) is 1.97. The smallest absolute Gasteiger partial charge is 0.184 e. The number of hydrogen-bond donors (Lipinski definition) is 3. The second-order valence-electron chi connectivity index (χ2n) is 2.99. The molecule has 0 amide bonds. The second kappa shape index (κ2) is 4.85. The first-order valence-corrected chi connectivity index (χ1v) is 4.30. The molecule has 0 aliphatic heterocycles. The highest BCUT2D eigenvalue weighted by Crippen LogP contribution is 2.11. The van der Waals surface area contributed by atoms with Crippen molar-refractivity contribution in [2.45, 2.75) is 12.1 Å². The minimum absolute atomic E-state index is 0.571. The van der Waals surface area contributed by atoms with E-state index in [4.69, 9.17) is 15.9 Å². The van der Waals surface area contributed by atoms with E-state index in [1.54, 1.807) is 24.3 Å². The Morgan fingerprint density at radius 1 is 1.36 bits per heavy atom. The van der Waals surface area contributed by atoms with Gasteiger partial charge in [-0.3, -0.25) is 4.79 Å². The highest BCUT2D eigenvalue weighted by Gasteiger charge is 2.22. The van der Waals surface area contributed by atoms with E-state index in [2.05, 4.69) is 0 Å². The van der Waals surface area contributed by atoms with Crippen LogP contribution in [0.2, 0.25) is 0 Å². The van der Waals surface area contributed by atoms with Crippen LogP contribution in [0.5, 0.6) is 0 Å². The lowest BCUT2D eigenvalue weighted by molar-refractivity contribution is -0.130. The molecule has 0 aromatic heterocycles. The molecule has 2 unspecified atom stereocenters. The SMILES string of the molecule is NC(C(=O)C(O)CO)c1ccccc1. The molecule has 0 aliphatic carbocycles. The number of aliphatic hydroxyl groups excluding tert-OH is 2. The third kappa shape index (κ3) is 2.38. The van der Waals surface area contributed by atoms with Gasteiger partial charge in [-0.2, -0.15) is 0 Å². The first-order valence-electron chi connectivity index (χ1n) is 4.30. The molecule has 14 heavy (non-hydrogen) atoms. The van der Waals surface area contributed by atoms with Crippen molar-refractivity contribution in [2.24, 2.45) is 5.73 Å². The number of nitrogens with two attached hydrogens (primary N) is 1. The van der Waals surface area contributed by atoms with Crippen LogP contribution in [0, 0.1) is 0 Å². The Morgan fingerprint density at radius 2 is 1.93 bits per heavy atom. The zero-order valence-electron chi connectivity index (χ0n) is 7.63. The van der Waals surface area contributed by atoms with Gasteiger partial charge in [0.1, 0.15) is 6.10 Å². The number of carbonyl (C=O) groups is 1. The van der Waals surface area contributed by atoms with Crippen LogP contribution in [0.15, 0.2) is 30.3 Å². The molecule has 1 aromatic carbocycles. The average molecular weight is 195 g/mol. The summed E-state index contributed by atoms with van der Waals surface area (Å²) in [5.74, 6) is -0.571. The van der Waals surface area contributed by atoms with Gasteiger partial charge < -0.3 is 15.9 Å². The van der Waals surface area contributed by atoms with E-state index < -0.39 is 24.5 Å². The Hall–Kier alpha value is -1.23. The Labute approximate surface area is 82.0 Å². The highest BCUT2D eigenvalue weighted by molar-refractivity contribution is 5.88. The molecular formula is C10H13NO3. The minimum atomic E-state index is -1.40. The molecular weight excluding hydrogens is 182 g/mol. The van der Waals surface area contributed by atoms with E-state index >= 15 is 0 Å². The number of benzene rings is 1. The van der Waals surface area contributed by atoms with Crippen LogP contribution in [0.25, 0.3) is 0 Å². The van der Waals surface area contributed by atoms with E-state index in [-0.39, 0.29) is 0 Å². The van der Waals surface area contributed by atoms with E-state index in [1.807, 2.05) is 6.07 Å². The Bertz CT molecular complexity index is 299. The van der Waals surface area contributed by atoms with Gasteiger partial charge in [0, 0.05) is 0 Å². The van der Waals surface area contributed by atoms with Gasteiger partial charge in [0.05, 0.1) is 12.6 Å². The van der Waals surface area contributed by atoms with E-state index in [0.29, 0.717) is 5.56 Å². The lowest BCUT2D eigenvalue weighted by Gasteiger charge is -2.13. The number of aliphatic hydroxyl groups is 2. The zero-order chi connectivity index (χ0) is 10.6. The fourth-order valence-corrected chi connectivity index (χ4v) is 1.12. The molecule has 2 atom stereocenters. The van der Waals surface area contributed by atoms with Crippen molar-refractivity contribution in [3.8, 4) is 0 Å². The van der Waals surface area contributed by atoms with E-state index in [1.165, 1.54) is 0 Å². The van der Waals surface area contributed by atoms with Crippen LogP contribution in [0.1, 0.15) is 11.6 Å². The summed E-state index contributed by atoms with van der Waals surface area (Å²) in [6.07, 6.45) is -1.40. The van der Waals surface area contributed by atoms with Gasteiger partial charge in [-0.1, -0.05) is 30.3 Å². The van der Waals surface area contributed by atoms with Crippen molar-refractivity contribution >= 4 is 5.78 Å². The fourth-order valence-electron chi connectivity index (χ4n) is 1.12. The van der Waals surface area contributed by atoms with Crippen LogP contribution in [0.4, 0.5) is 0 Å². The normalized spacial score (nSPS) is 14.8. The molecule has 4 N–H and O–H groups in total. The molecule has 0 saturated heterocycles. The van der Waals surface area contributed by atoms with Crippen molar-refractivity contribution < 1.29 is 15.0 Å². The van der Waals surface area contributed by atoms with Gasteiger partial charge in [-0.05, 0) is 5.56 Å². The van der Waals surface area contributed by atoms with Crippen molar-refractivity contribution in [1.29, 1.82) is 0 Å². The van der Waals surface area contributed by atoms with Gasteiger partial charge in [0.2, 0.25) is 0 Å². The van der Waals surface area contributed by atoms with Gasteiger partial charge in [0.25, 0.3) is 0 Å². The summed E-state index contributed by atoms with van der Waals surface area (Å²) < 4.78 is 0. The summed E-state index contributed by atoms with van der Waals surface area (Å²) in [5, 5.41) is 17.7. The number of ketones is 1. The summed E-state index contributed by atoms with van der Waals surface area (Å²) in [5.41, 5.74) is 6.22. The quantitative estimate of drug-likeness (QED) is 0.611. The first-order chi connectivity index (χ1) is 6.66. The van der Waals surface area contributed by atoms with Crippen LogP contribution in [-0.2, 0) is 4.79 Å². The van der Waals surface area contributed by atoms with Crippen molar-refractivity contribution in [3.05, 3.63) is 35.9 Å². The number of hydrogen-bond acceptors (Lipinski definition) is 4. The zero-order valence-corrected chi connectivity index (χ0v) is 7.63. The van der Waals surface area contributed by atoms with Gasteiger partial charge in [0.15, 0.2) is 5.78 Å². The van der Waals surface area contributed by atoms with Crippen molar-refractivity contribution in [1.82, 2.24) is 0 Å². The lowest BCUT2D eigenvalue weighted by Crippen LogP contribution is -2.34. The maximum absolute atomic E-state index is 11.3. The molecule has 4 nitrogen and oxygen atoms in total. The number of Topliss-reactive ketones (excluding diaryl/α,β-unsaturated/α-hetero) is 1. The Kier molecular flexibility index (Phi) is 3.76. The Balaban J connectivity index is 2.76. The molecule has 0 radical (unpaired) electrons. The molecule has 1 rings (SSSR count). The molecule has 0 spiro atoms. The summed E-state index contributed by atoms with van der Waals surface area (Å²) in [6, 6.07) is 7.85. The molecule has 0 heterocycles. The molecule has 1 aromatic rings. The second-order valence-corrected chi connectivity index (χ2v) is 2.99. The standard InChI is InChI=1S/C10H13NO3/c11-9(10(14)8(13)6-12)7-4-2-1-3-5-7/h1-5,8-9,12-13H,6,11H2. The molecule has 76 valence electrons. The topological polar surface area (TPSA) is 83.6 Å². The maximum atomic E-state index is 11.3. The lowest BCUT2D eigenvalue weighted by atomic mass is 10.0. The van der Waals surface area contributed by atoms with Crippen molar-refractivity contribution in [2.75, 3.05) is 6.61 Å². The monoisotopic (exact) mass is 195 g/mol. The maximum Gasteiger partial charge on any atom is 0.184 e. The van der Waals surface area contributed by atoms with Crippen LogP contribution >= 0.6 is 0 Å². The van der Waals surface area contributed by atoms with E-state index in [9.17, 15) is 4.79 Å². The number of carbonyl (C=O) groups excluding carboxylic acids is 1. The summed E-state index contributed by atoms with van der Waals surface area (Å²) in [6.45, 7) is -0.598.